The molecule has 0 aromatic heterocycles. The number of carboxylic acids is 1. The van der Waals surface area contributed by atoms with E-state index in [2.05, 4.69) is 12.2 Å². The zero-order valence-electron chi connectivity index (χ0n) is 10.4. The van der Waals surface area contributed by atoms with E-state index in [0.717, 1.165) is 5.75 Å². The van der Waals surface area contributed by atoms with Gasteiger partial charge in [-0.15, -0.1) is 0 Å². The average molecular weight is 245 g/mol. The summed E-state index contributed by atoms with van der Waals surface area (Å²) in [5, 5.41) is 13.1. The first-order valence-corrected chi connectivity index (χ1v) is 7.21. The Morgan fingerprint density at radius 2 is 2.19 bits per heavy atom. The van der Waals surface area contributed by atoms with Crippen LogP contribution >= 0.6 is 11.8 Å². The van der Waals surface area contributed by atoms with E-state index in [-0.39, 0.29) is 12.0 Å². The summed E-state index contributed by atoms with van der Waals surface area (Å²) in [7, 11) is 0. The molecule has 0 radical (unpaired) electrons. The maximum Gasteiger partial charge on any atom is 0.307 e. The number of nitrogens with one attached hydrogen (secondary N) is 1. The molecule has 2 N–H and O–H groups in total. The Hall–Kier alpha value is -0.220. The van der Waals surface area contributed by atoms with Crippen LogP contribution in [-0.2, 0) is 4.79 Å². The maximum absolute atomic E-state index is 10.9. The SMILES string of the molecule is CCSC1CCCC1NC(C)C(C)C(=O)O. The first kappa shape index (κ1) is 13.8. The van der Waals surface area contributed by atoms with Crippen LogP contribution in [0.2, 0.25) is 0 Å². The number of aliphatic carboxylic acids is 1. The molecule has 4 heteroatoms. The molecule has 0 amide bonds. The predicted octanol–water partition coefficient (Wildman–Crippen LogP) is 2.36. The quantitative estimate of drug-likeness (QED) is 0.754. The summed E-state index contributed by atoms with van der Waals surface area (Å²) in [6, 6.07) is 0.558. The van der Waals surface area contributed by atoms with Gasteiger partial charge in [-0.25, -0.2) is 0 Å². The lowest BCUT2D eigenvalue weighted by Crippen LogP contribution is -2.45. The van der Waals surface area contributed by atoms with Crippen molar-refractivity contribution >= 4 is 17.7 Å². The van der Waals surface area contributed by atoms with Crippen LogP contribution in [0.5, 0.6) is 0 Å². The lowest BCUT2D eigenvalue weighted by atomic mass is 10.0. The Kier molecular flexibility index (Phi) is 5.62. The summed E-state index contributed by atoms with van der Waals surface area (Å²) in [4.78, 5) is 10.9. The molecule has 0 heterocycles. The highest BCUT2D eigenvalue weighted by Gasteiger charge is 2.30. The molecule has 4 atom stereocenters. The van der Waals surface area contributed by atoms with Crippen molar-refractivity contribution in [3.05, 3.63) is 0 Å². The van der Waals surface area contributed by atoms with Crippen LogP contribution < -0.4 is 5.32 Å². The minimum absolute atomic E-state index is 0.0561. The molecule has 1 fully saturated rings. The van der Waals surface area contributed by atoms with Gasteiger partial charge in [-0.1, -0.05) is 20.3 Å². The zero-order valence-corrected chi connectivity index (χ0v) is 11.2. The van der Waals surface area contributed by atoms with Crippen molar-refractivity contribution in [2.24, 2.45) is 5.92 Å². The number of carboxylic acid groups (broad SMARTS) is 1. The van der Waals surface area contributed by atoms with Crippen LogP contribution in [0, 0.1) is 5.92 Å². The molecule has 0 aliphatic heterocycles. The van der Waals surface area contributed by atoms with Crippen molar-refractivity contribution in [3.8, 4) is 0 Å². The molecule has 0 aromatic rings. The van der Waals surface area contributed by atoms with Crippen molar-refractivity contribution in [3.63, 3.8) is 0 Å². The third-order valence-corrected chi connectivity index (χ3v) is 4.78. The molecular weight excluding hydrogens is 222 g/mol. The largest absolute Gasteiger partial charge is 0.481 e. The second-order valence-corrected chi connectivity index (χ2v) is 6.13. The van der Waals surface area contributed by atoms with Crippen molar-refractivity contribution < 1.29 is 9.90 Å². The molecule has 1 saturated carbocycles. The van der Waals surface area contributed by atoms with Gasteiger partial charge in [0.25, 0.3) is 0 Å². The van der Waals surface area contributed by atoms with Gasteiger partial charge >= 0.3 is 5.97 Å². The number of carbonyl (C=O) groups is 1. The van der Waals surface area contributed by atoms with Gasteiger partial charge in [-0.3, -0.25) is 4.79 Å². The molecule has 1 aliphatic carbocycles. The zero-order chi connectivity index (χ0) is 12.1. The molecule has 1 aliphatic rings. The Labute approximate surface area is 102 Å². The molecule has 4 unspecified atom stereocenters. The Bertz CT molecular complexity index is 235. The van der Waals surface area contributed by atoms with E-state index in [4.69, 9.17) is 5.11 Å². The Morgan fingerprint density at radius 1 is 1.50 bits per heavy atom. The smallest absolute Gasteiger partial charge is 0.307 e. The van der Waals surface area contributed by atoms with E-state index in [0.29, 0.717) is 11.3 Å². The molecule has 0 aromatic carbocycles. The van der Waals surface area contributed by atoms with Gasteiger partial charge in [0, 0.05) is 17.3 Å². The summed E-state index contributed by atoms with van der Waals surface area (Å²) in [6.07, 6.45) is 3.72. The predicted molar refractivity (Wildman–Crippen MR) is 69.0 cm³/mol. The average Bonchev–Trinajstić information content (AvgIpc) is 2.65. The Balaban J connectivity index is 2.43. The second-order valence-electron chi connectivity index (χ2n) is 4.61. The van der Waals surface area contributed by atoms with Crippen molar-refractivity contribution in [2.75, 3.05) is 5.75 Å². The van der Waals surface area contributed by atoms with Gasteiger partial charge in [-0.05, 0) is 25.5 Å². The van der Waals surface area contributed by atoms with Crippen molar-refractivity contribution in [1.29, 1.82) is 0 Å². The highest BCUT2D eigenvalue weighted by molar-refractivity contribution is 7.99. The van der Waals surface area contributed by atoms with Crippen LogP contribution in [0.1, 0.15) is 40.0 Å². The second kappa shape index (κ2) is 6.50. The van der Waals surface area contributed by atoms with E-state index in [1.54, 1.807) is 6.92 Å². The lowest BCUT2D eigenvalue weighted by Gasteiger charge is -2.26. The van der Waals surface area contributed by atoms with Crippen LogP contribution in [0.15, 0.2) is 0 Å². The Morgan fingerprint density at radius 3 is 2.75 bits per heavy atom. The molecule has 3 nitrogen and oxygen atoms in total. The first-order valence-electron chi connectivity index (χ1n) is 6.16. The number of rotatable bonds is 6. The minimum Gasteiger partial charge on any atom is -0.481 e. The summed E-state index contributed by atoms with van der Waals surface area (Å²) in [5.74, 6) is 0.122. The van der Waals surface area contributed by atoms with Crippen LogP contribution in [0.25, 0.3) is 0 Å². The first-order chi connectivity index (χ1) is 7.56. The lowest BCUT2D eigenvalue weighted by molar-refractivity contribution is -0.142. The minimum atomic E-state index is -0.710. The molecule has 1 rings (SSSR count). The molecule has 0 saturated heterocycles. The summed E-state index contributed by atoms with van der Waals surface area (Å²) in [5.41, 5.74) is 0. The molecule has 0 bridgehead atoms. The van der Waals surface area contributed by atoms with Crippen molar-refractivity contribution in [2.45, 2.75) is 57.4 Å². The normalized spacial score (nSPS) is 28.9. The summed E-state index contributed by atoms with van der Waals surface area (Å²) >= 11 is 2.00. The van der Waals surface area contributed by atoms with Gasteiger partial charge < -0.3 is 10.4 Å². The molecule has 94 valence electrons. The van der Waals surface area contributed by atoms with Gasteiger partial charge in [0.05, 0.1) is 5.92 Å². The number of thioether (sulfide) groups is 1. The van der Waals surface area contributed by atoms with Gasteiger partial charge in [0.15, 0.2) is 0 Å². The highest BCUT2D eigenvalue weighted by atomic mass is 32.2. The summed E-state index contributed by atoms with van der Waals surface area (Å²) < 4.78 is 0. The topological polar surface area (TPSA) is 49.3 Å². The molecule has 0 spiro atoms. The summed E-state index contributed by atoms with van der Waals surface area (Å²) in [6.45, 7) is 5.94. The van der Waals surface area contributed by atoms with E-state index in [1.807, 2.05) is 18.7 Å². The fourth-order valence-electron chi connectivity index (χ4n) is 2.23. The van der Waals surface area contributed by atoms with E-state index in [9.17, 15) is 4.79 Å². The maximum atomic E-state index is 10.9. The third kappa shape index (κ3) is 3.67. The van der Waals surface area contributed by atoms with Gasteiger partial charge in [0.2, 0.25) is 0 Å². The third-order valence-electron chi connectivity index (χ3n) is 3.45. The monoisotopic (exact) mass is 245 g/mol. The van der Waals surface area contributed by atoms with E-state index < -0.39 is 5.97 Å². The number of hydrogen-bond acceptors (Lipinski definition) is 3. The highest BCUT2D eigenvalue weighted by Crippen LogP contribution is 2.30. The van der Waals surface area contributed by atoms with Gasteiger partial charge in [0.1, 0.15) is 0 Å². The van der Waals surface area contributed by atoms with E-state index >= 15 is 0 Å². The fraction of sp³-hybridized carbons (Fsp3) is 0.917. The van der Waals surface area contributed by atoms with Crippen LogP contribution in [0.4, 0.5) is 0 Å². The van der Waals surface area contributed by atoms with Gasteiger partial charge in [-0.2, -0.15) is 11.8 Å². The fourth-order valence-corrected chi connectivity index (χ4v) is 3.43. The molecular formula is C12H23NO2S. The van der Waals surface area contributed by atoms with Crippen molar-refractivity contribution in [1.82, 2.24) is 5.32 Å². The van der Waals surface area contributed by atoms with Crippen LogP contribution in [-0.4, -0.2) is 34.2 Å². The van der Waals surface area contributed by atoms with Crippen LogP contribution in [0.3, 0.4) is 0 Å². The van der Waals surface area contributed by atoms with E-state index in [1.165, 1.54) is 19.3 Å². The standard InChI is InChI=1S/C12H23NO2S/c1-4-16-11-7-5-6-10(11)13-9(3)8(2)12(14)15/h8-11,13H,4-7H2,1-3H3,(H,14,15). The molecule has 16 heavy (non-hydrogen) atoms. The number of hydrogen-bond donors (Lipinski definition) is 2.